The van der Waals surface area contributed by atoms with Crippen molar-refractivity contribution < 1.29 is 14.3 Å². The lowest BCUT2D eigenvalue weighted by molar-refractivity contribution is -0.137. The van der Waals surface area contributed by atoms with Crippen molar-refractivity contribution >= 4 is 41.3 Å². The van der Waals surface area contributed by atoms with Gasteiger partial charge in [-0.3, -0.25) is 4.79 Å². The second-order valence-electron chi connectivity index (χ2n) is 9.39. The lowest BCUT2D eigenvalue weighted by atomic mass is 10.1. The molecule has 1 aromatic carbocycles. The molecule has 10 nitrogen and oxygen atoms in total. The lowest BCUT2D eigenvalue weighted by Gasteiger charge is -2.35. The summed E-state index contributed by atoms with van der Waals surface area (Å²) in [6.07, 6.45) is 8.37. The molecule has 1 saturated heterocycles. The fraction of sp³-hybridized carbons (Fsp3) is 0.345. The fourth-order valence-corrected chi connectivity index (χ4v) is 4.67. The normalized spacial score (nSPS) is 13.5. The summed E-state index contributed by atoms with van der Waals surface area (Å²) in [6, 6.07) is 9.87. The zero-order valence-corrected chi connectivity index (χ0v) is 23.8. The topological polar surface area (TPSA) is 104 Å². The zero-order chi connectivity index (χ0) is 28.5. The second kappa shape index (κ2) is 13.9. The minimum Gasteiger partial charge on any atom is -0.463 e. The molecule has 0 spiro atoms. The summed E-state index contributed by atoms with van der Waals surface area (Å²) in [4.78, 5) is 43.4. The minimum absolute atomic E-state index is 0.0407. The maximum Gasteiger partial charge on any atom is 0.330 e. The van der Waals surface area contributed by atoms with E-state index in [1.807, 2.05) is 30.6 Å². The number of rotatable bonds is 10. The van der Waals surface area contributed by atoms with Gasteiger partial charge in [0.2, 0.25) is 11.9 Å². The van der Waals surface area contributed by atoms with Gasteiger partial charge in [-0.1, -0.05) is 29.8 Å². The number of benzene rings is 1. The number of carbonyl (C=O) groups excluding carboxylic acids is 2. The van der Waals surface area contributed by atoms with Crippen LogP contribution in [0.15, 0.2) is 55.0 Å². The van der Waals surface area contributed by atoms with Crippen molar-refractivity contribution in [1.82, 2.24) is 25.2 Å². The molecule has 1 N–H and O–H groups in total. The molecule has 0 aliphatic carbocycles. The van der Waals surface area contributed by atoms with E-state index in [9.17, 15) is 9.59 Å². The fourth-order valence-electron chi connectivity index (χ4n) is 4.37. The van der Waals surface area contributed by atoms with Crippen LogP contribution in [0.4, 0.5) is 11.8 Å². The van der Waals surface area contributed by atoms with E-state index in [1.165, 1.54) is 6.08 Å². The molecule has 0 atom stereocenters. The van der Waals surface area contributed by atoms with E-state index in [4.69, 9.17) is 16.3 Å². The second-order valence-corrected chi connectivity index (χ2v) is 9.79. The van der Waals surface area contributed by atoms with E-state index in [2.05, 4.69) is 36.1 Å². The summed E-state index contributed by atoms with van der Waals surface area (Å²) in [5.41, 5.74) is 3.69. The molecule has 3 aromatic rings. The summed E-state index contributed by atoms with van der Waals surface area (Å²) in [6.45, 7) is 5.83. The monoisotopic (exact) mass is 563 g/mol. The number of nitrogens with zero attached hydrogens (tertiary/aromatic N) is 6. The molecule has 2 aromatic heterocycles. The average Bonchev–Trinajstić information content (AvgIpc) is 2.97. The number of amides is 1. The van der Waals surface area contributed by atoms with E-state index in [1.54, 1.807) is 44.3 Å². The summed E-state index contributed by atoms with van der Waals surface area (Å²) in [5, 5.41) is 3.42. The molecule has 1 aliphatic rings. The average molecular weight is 564 g/mol. The van der Waals surface area contributed by atoms with Gasteiger partial charge in [0.05, 0.1) is 18.2 Å². The number of piperazine rings is 1. The third-order valence-electron chi connectivity index (χ3n) is 6.48. The number of anilines is 2. The number of nitrogens with one attached hydrogen (secondary N) is 1. The molecule has 0 radical (unpaired) electrons. The van der Waals surface area contributed by atoms with Crippen LogP contribution in [0.1, 0.15) is 18.1 Å². The predicted molar refractivity (Wildman–Crippen MR) is 157 cm³/mol. The number of carbonyl (C=O) groups is 2. The van der Waals surface area contributed by atoms with Crippen LogP contribution >= 0.6 is 11.6 Å². The van der Waals surface area contributed by atoms with Crippen molar-refractivity contribution in [2.75, 3.05) is 63.2 Å². The van der Waals surface area contributed by atoms with Gasteiger partial charge >= 0.3 is 5.97 Å². The highest BCUT2D eigenvalue weighted by molar-refractivity contribution is 6.33. The van der Waals surface area contributed by atoms with Gasteiger partial charge < -0.3 is 24.8 Å². The Kier molecular flexibility index (Phi) is 10.0. The van der Waals surface area contributed by atoms with E-state index in [0.29, 0.717) is 36.5 Å². The van der Waals surface area contributed by atoms with Crippen molar-refractivity contribution in [3.05, 3.63) is 71.1 Å². The minimum atomic E-state index is -0.399. The number of likely N-dealkylation sites (N-methyl/N-ethyl adjacent to an activating group) is 2. The first-order chi connectivity index (χ1) is 19.4. The molecular formula is C29H34ClN7O3. The smallest absolute Gasteiger partial charge is 0.330 e. The van der Waals surface area contributed by atoms with Crippen LogP contribution in [-0.2, 0) is 20.9 Å². The number of hydrogen-bond donors (Lipinski definition) is 1. The van der Waals surface area contributed by atoms with Crippen LogP contribution in [-0.4, -0.2) is 85.2 Å². The molecule has 1 aliphatic heterocycles. The maximum atomic E-state index is 12.1. The Morgan fingerprint density at radius 3 is 2.45 bits per heavy atom. The first kappa shape index (κ1) is 29.0. The SMILES string of the molecule is CCOC(=O)/C=C/c1cnc(N2CCN(c3ncc(-c4cccc(CN(C)C(=O)CNC)c4)cn3)CC2)c(Cl)c1. The van der Waals surface area contributed by atoms with Crippen molar-refractivity contribution in [3.8, 4) is 11.1 Å². The Hall–Kier alpha value is -4.02. The summed E-state index contributed by atoms with van der Waals surface area (Å²) in [5.74, 6) is 1.03. The Morgan fingerprint density at radius 1 is 1.05 bits per heavy atom. The van der Waals surface area contributed by atoms with E-state index >= 15 is 0 Å². The van der Waals surface area contributed by atoms with Gasteiger partial charge in [0.15, 0.2) is 0 Å². The molecule has 210 valence electrons. The third-order valence-corrected chi connectivity index (χ3v) is 6.75. The van der Waals surface area contributed by atoms with Gasteiger partial charge in [0, 0.05) is 70.0 Å². The van der Waals surface area contributed by atoms with Crippen LogP contribution in [0.5, 0.6) is 0 Å². The van der Waals surface area contributed by atoms with Crippen LogP contribution < -0.4 is 15.1 Å². The van der Waals surface area contributed by atoms with E-state index in [-0.39, 0.29) is 5.91 Å². The van der Waals surface area contributed by atoms with E-state index in [0.717, 1.165) is 48.4 Å². The first-order valence-electron chi connectivity index (χ1n) is 13.2. The Labute approximate surface area is 239 Å². The molecule has 1 amide bonds. The zero-order valence-electron chi connectivity index (χ0n) is 23.0. The molecule has 0 bridgehead atoms. The molecule has 0 unspecified atom stereocenters. The largest absolute Gasteiger partial charge is 0.463 e. The number of esters is 1. The van der Waals surface area contributed by atoms with Crippen molar-refractivity contribution in [3.63, 3.8) is 0 Å². The number of halogens is 1. The Balaban J connectivity index is 1.34. The molecule has 3 heterocycles. The molecular weight excluding hydrogens is 530 g/mol. The standard InChI is InChI=1S/C29H34ClN7O3/c1-4-40-27(39)9-8-21-15-25(30)28(32-16-21)36-10-12-37(13-11-36)29-33-17-24(18-34-29)23-7-5-6-22(14-23)20-35(3)26(38)19-31-2/h5-9,14-18,31H,4,10-13,19-20H2,1-3H3/b9-8+. The molecule has 40 heavy (non-hydrogen) atoms. The third kappa shape index (κ3) is 7.55. The van der Waals surface area contributed by atoms with Gasteiger partial charge in [-0.15, -0.1) is 0 Å². The van der Waals surface area contributed by atoms with Crippen molar-refractivity contribution in [2.24, 2.45) is 0 Å². The number of ether oxygens (including phenoxy) is 1. The van der Waals surface area contributed by atoms with Crippen LogP contribution in [0, 0.1) is 0 Å². The van der Waals surface area contributed by atoms with Crippen molar-refractivity contribution in [2.45, 2.75) is 13.5 Å². The number of aromatic nitrogens is 3. The number of pyridine rings is 1. The van der Waals surface area contributed by atoms with E-state index < -0.39 is 5.97 Å². The van der Waals surface area contributed by atoms with Gasteiger partial charge in [0.1, 0.15) is 5.82 Å². The maximum absolute atomic E-state index is 12.1. The highest BCUT2D eigenvalue weighted by atomic mass is 35.5. The number of hydrogen-bond acceptors (Lipinski definition) is 9. The molecule has 1 fully saturated rings. The van der Waals surface area contributed by atoms with Gasteiger partial charge in [0.25, 0.3) is 0 Å². The highest BCUT2D eigenvalue weighted by Gasteiger charge is 2.22. The van der Waals surface area contributed by atoms with Gasteiger partial charge in [-0.05, 0) is 48.9 Å². The van der Waals surface area contributed by atoms with Gasteiger partial charge in [-0.25, -0.2) is 19.7 Å². The quantitative estimate of drug-likeness (QED) is 0.294. The predicted octanol–water partition coefficient (Wildman–Crippen LogP) is 3.27. The van der Waals surface area contributed by atoms with Crippen molar-refractivity contribution in [1.29, 1.82) is 0 Å². The molecule has 4 rings (SSSR count). The molecule has 0 saturated carbocycles. The van der Waals surface area contributed by atoms with Crippen LogP contribution in [0.2, 0.25) is 5.02 Å². The van der Waals surface area contributed by atoms with Gasteiger partial charge in [-0.2, -0.15) is 0 Å². The summed E-state index contributed by atoms with van der Waals surface area (Å²) >= 11 is 6.52. The Bertz CT molecular complexity index is 1340. The van der Waals surface area contributed by atoms with Crippen LogP contribution in [0.25, 0.3) is 17.2 Å². The summed E-state index contributed by atoms with van der Waals surface area (Å²) in [7, 11) is 3.56. The summed E-state index contributed by atoms with van der Waals surface area (Å²) < 4.78 is 4.90. The lowest BCUT2D eigenvalue weighted by Crippen LogP contribution is -2.47. The first-order valence-corrected chi connectivity index (χ1v) is 13.6. The molecule has 11 heteroatoms. The van der Waals surface area contributed by atoms with Crippen LogP contribution in [0.3, 0.4) is 0 Å². The highest BCUT2D eigenvalue weighted by Crippen LogP contribution is 2.27. The Morgan fingerprint density at radius 2 is 1.77 bits per heavy atom.